The van der Waals surface area contributed by atoms with Crippen LogP contribution in [0.3, 0.4) is 0 Å². The van der Waals surface area contributed by atoms with Gasteiger partial charge in [-0.05, 0) is 51.7 Å². The molecular weight excluding hydrogens is 456 g/mol. The second-order valence-corrected chi connectivity index (χ2v) is 10.2. The Morgan fingerprint density at radius 1 is 1.21 bits per heavy atom. The van der Waals surface area contributed by atoms with E-state index in [1.165, 1.54) is 11.3 Å². The average Bonchev–Trinajstić information content (AvgIpc) is 3.25. The highest BCUT2D eigenvalue weighted by Gasteiger charge is 2.27. The summed E-state index contributed by atoms with van der Waals surface area (Å²) in [5, 5.41) is 3.05. The fourth-order valence-electron chi connectivity index (χ4n) is 3.73. The van der Waals surface area contributed by atoms with Crippen molar-refractivity contribution in [2.75, 3.05) is 18.5 Å². The van der Waals surface area contributed by atoms with Gasteiger partial charge in [-0.3, -0.25) is 25.4 Å². The van der Waals surface area contributed by atoms with Crippen molar-refractivity contribution in [3.8, 4) is 0 Å². The number of benzene rings is 1. The zero-order valence-corrected chi connectivity index (χ0v) is 20.2. The number of amides is 2. The minimum absolute atomic E-state index is 0.143. The lowest BCUT2D eigenvalue weighted by molar-refractivity contribution is 0.0184. The van der Waals surface area contributed by atoms with E-state index >= 15 is 0 Å². The molecule has 1 aliphatic heterocycles. The summed E-state index contributed by atoms with van der Waals surface area (Å²) in [6.45, 7) is 6.89. The number of thiazole rings is 1. The van der Waals surface area contributed by atoms with Gasteiger partial charge in [0.1, 0.15) is 11.3 Å². The molecule has 0 aliphatic carbocycles. The standard InChI is InChI=1S/C23H28N6O4S/c1-23(2,3)33-22(32)29-10-8-14(9-11-29)12-18-24-17(13-34-18)20(31)27-28-21-25-16-7-5-4-6-15(16)19(30)26-21/h4-7,13-14H,8-12H2,1-3H3,(H,27,31)(H2,25,26,28,30). The Bertz CT molecular complexity index is 1240. The fraction of sp³-hybridized carbons (Fsp3) is 0.435. The molecule has 3 N–H and O–H groups in total. The zero-order valence-electron chi connectivity index (χ0n) is 19.4. The van der Waals surface area contributed by atoms with E-state index in [0.29, 0.717) is 35.6 Å². The molecule has 2 aromatic heterocycles. The van der Waals surface area contributed by atoms with Crippen molar-refractivity contribution in [2.45, 2.75) is 45.6 Å². The molecule has 1 aliphatic rings. The van der Waals surface area contributed by atoms with Crippen LogP contribution in [0.25, 0.3) is 10.9 Å². The molecular formula is C23H28N6O4S. The molecule has 0 spiro atoms. The van der Waals surface area contributed by atoms with Crippen LogP contribution in [-0.4, -0.2) is 50.5 Å². The molecule has 11 heteroatoms. The number of hydrogen-bond donors (Lipinski definition) is 3. The van der Waals surface area contributed by atoms with Gasteiger partial charge in [0.25, 0.3) is 11.5 Å². The van der Waals surface area contributed by atoms with Crippen LogP contribution in [0.1, 0.15) is 49.1 Å². The fourth-order valence-corrected chi connectivity index (χ4v) is 4.62. The predicted octanol–water partition coefficient (Wildman–Crippen LogP) is 3.33. The molecule has 0 bridgehead atoms. The lowest BCUT2D eigenvalue weighted by atomic mass is 9.94. The number of carbonyl (C=O) groups is 2. The highest BCUT2D eigenvalue weighted by atomic mass is 32.1. The second-order valence-electron chi connectivity index (χ2n) is 9.25. The Morgan fingerprint density at radius 2 is 1.94 bits per heavy atom. The van der Waals surface area contributed by atoms with Gasteiger partial charge in [0.05, 0.1) is 15.9 Å². The number of piperidine rings is 1. The highest BCUT2D eigenvalue weighted by Crippen LogP contribution is 2.24. The number of rotatable bonds is 5. The first-order valence-corrected chi connectivity index (χ1v) is 12.0. The van der Waals surface area contributed by atoms with E-state index in [9.17, 15) is 14.4 Å². The molecule has 10 nitrogen and oxygen atoms in total. The number of anilines is 1. The number of nitrogens with zero attached hydrogens (tertiary/aromatic N) is 3. The lowest BCUT2D eigenvalue weighted by Crippen LogP contribution is -2.42. The number of para-hydroxylation sites is 1. The van der Waals surface area contributed by atoms with Crippen molar-refractivity contribution < 1.29 is 14.3 Å². The van der Waals surface area contributed by atoms with Crippen molar-refractivity contribution >= 4 is 40.2 Å². The first-order valence-electron chi connectivity index (χ1n) is 11.2. The highest BCUT2D eigenvalue weighted by molar-refractivity contribution is 7.09. The number of nitrogens with one attached hydrogen (secondary N) is 3. The Kier molecular flexibility index (Phi) is 6.82. The maximum absolute atomic E-state index is 12.5. The van der Waals surface area contributed by atoms with Gasteiger partial charge in [-0.25, -0.2) is 14.8 Å². The van der Waals surface area contributed by atoms with Crippen molar-refractivity contribution in [3.63, 3.8) is 0 Å². The minimum Gasteiger partial charge on any atom is -0.444 e. The third kappa shape index (κ3) is 5.90. The molecule has 0 atom stereocenters. The second kappa shape index (κ2) is 9.80. The quantitative estimate of drug-likeness (QED) is 0.474. The number of ether oxygens (including phenoxy) is 1. The lowest BCUT2D eigenvalue weighted by Gasteiger charge is -2.33. The van der Waals surface area contributed by atoms with Gasteiger partial charge in [-0.2, -0.15) is 0 Å². The summed E-state index contributed by atoms with van der Waals surface area (Å²) in [7, 11) is 0. The maximum atomic E-state index is 12.5. The molecule has 1 fully saturated rings. The molecule has 1 saturated heterocycles. The predicted molar refractivity (Wildman–Crippen MR) is 130 cm³/mol. The van der Waals surface area contributed by atoms with Gasteiger partial charge in [0.2, 0.25) is 5.95 Å². The van der Waals surface area contributed by atoms with Crippen molar-refractivity contribution in [3.05, 3.63) is 50.7 Å². The van der Waals surface area contributed by atoms with E-state index in [1.807, 2.05) is 20.8 Å². The Morgan fingerprint density at radius 3 is 2.68 bits per heavy atom. The summed E-state index contributed by atoms with van der Waals surface area (Å²) in [6, 6.07) is 6.96. The number of H-pyrrole nitrogens is 1. The van der Waals surface area contributed by atoms with Gasteiger partial charge in [-0.15, -0.1) is 11.3 Å². The van der Waals surface area contributed by atoms with Crippen LogP contribution in [0.4, 0.5) is 10.7 Å². The van der Waals surface area contributed by atoms with Crippen LogP contribution in [0.15, 0.2) is 34.4 Å². The van der Waals surface area contributed by atoms with E-state index in [1.54, 1.807) is 34.5 Å². The number of fused-ring (bicyclic) bond motifs is 1. The van der Waals surface area contributed by atoms with Gasteiger partial charge in [0.15, 0.2) is 0 Å². The van der Waals surface area contributed by atoms with Crippen LogP contribution in [0, 0.1) is 5.92 Å². The SMILES string of the molecule is CC(C)(C)OC(=O)N1CCC(Cc2nc(C(=O)NNc3nc4ccccc4c(=O)[nH]3)cs2)CC1. The van der Waals surface area contributed by atoms with Crippen LogP contribution in [0.5, 0.6) is 0 Å². The van der Waals surface area contributed by atoms with Crippen LogP contribution < -0.4 is 16.4 Å². The van der Waals surface area contributed by atoms with E-state index in [0.717, 1.165) is 24.3 Å². The first-order chi connectivity index (χ1) is 16.2. The molecule has 0 radical (unpaired) electrons. The zero-order chi connectivity index (χ0) is 24.3. The molecule has 2 amide bonds. The molecule has 34 heavy (non-hydrogen) atoms. The molecule has 3 heterocycles. The summed E-state index contributed by atoms with van der Waals surface area (Å²) in [5.41, 5.74) is 5.20. The molecule has 0 saturated carbocycles. The van der Waals surface area contributed by atoms with Crippen molar-refractivity contribution in [2.24, 2.45) is 5.92 Å². The summed E-state index contributed by atoms with van der Waals surface area (Å²) >= 11 is 1.43. The van der Waals surface area contributed by atoms with E-state index in [2.05, 4.69) is 25.8 Å². The normalized spacial score (nSPS) is 14.7. The monoisotopic (exact) mass is 484 g/mol. The van der Waals surface area contributed by atoms with E-state index in [-0.39, 0.29) is 17.6 Å². The smallest absolute Gasteiger partial charge is 0.410 e. The molecule has 0 unspecified atom stereocenters. The third-order valence-electron chi connectivity index (χ3n) is 5.42. The summed E-state index contributed by atoms with van der Waals surface area (Å²) in [4.78, 5) is 49.9. The number of hydrogen-bond acceptors (Lipinski definition) is 8. The van der Waals surface area contributed by atoms with E-state index < -0.39 is 11.5 Å². The van der Waals surface area contributed by atoms with Crippen LogP contribution in [0.2, 0.25) is 0 Å². The molecule has 4 rings (SSSR count). The average molecular weight is 485 g/mol. The topological polar surface area (TPSA) is 129 Å². The number of hydrazine groups is 1. The largest absolute Gasteiger partial charge is 0.444 e. The van der Waals surface area contributed by atoms with E-state index in [4.69, 9.17) is 4.74 Å². The summed E-state index contributed by atoms with van der Waals surface area (Å²) in [6.07, 6.45) is 2.22. The Hall–Kier alpha value is -3.47. The van der Waals surface area contributed by atoms with Crippen molar-refractivity contribution in [1.29, 1.82) is 0 Å². The summed E-state index contributed by atoms with van der Waals surface area (Å²) in [5.74, 6) is 0.119. The van der Waals surface area contributed by atoms with Gasteiger partial charge in [0, 0.05) is 24.9 Å². The molecule has 180 valence electrons. The van der Waals surface area contributed by atoms with Crippen molar-refractivity contribution in [1.82, 2.24) is 25.3 Å². The minimum atomic E-state index is -0.500. The van der Waals surface area contributed by atoms with Crippen LogP contribution >= 0.6 is 11.3 Å². The number of likely N-dealkylation sites (tertiary alicyclic amines) is 1. The van der Waals surface area contributed by atoms with Gasteiger partial charge in [-0.1, -0.05) is 12.1 Å². The maximum Gasteiger partial charge on any atom is 0.410 e. The third-order valence-corrected chi connectivity index (χ3v) is 6.29. The van der Waals surface area contributed by atoms with Gasteiger partial charge >= 0.3 is 6.09 Å². The molecule has 1 aromatic carbocycles. The van der Waals surface area contributed by atoms with Gasteiger partial charge < -0.3 is 9.64 Å². The Balaban J connectivity index is 1.28. The number of aromatic nitrogens is 3. The number of carbonyl (C=O) groups excluding carboxylic acids is 2. The molecule has 3 aromatic rings. The number of aromatic amines is 1. The first kappa shape index (κ1) is 23.7. The Labute approximate surface area is 200 Å². The van der Waals surface area contributed by atoms with Crippen LogP contribution in [-0.2, 0) is 11.2 Å². The summed E-state index contributed by atoms with van der Waals surface area (Å²) < 4.78 is 5.45.